The first-order chi connectivity index (χ1) is 6.94. The molecule has 86 valence electrons. The second-order valence-corrected chi connectivity index (χ2v) is 3.68. The highest BCUT2D eigenvalue weighted by molar-refractivity contribution is 5.77. The van der Waals surface area contributed by atoms with E-state index in [2.05, 4.69) is 6.58 Å². The Hall–Kier alpha value is -1.00. The minimum absolute atomic E-state index is 0.228. The second-order valence-electron chi connectivity index (χ2n) is 3.68. The zero-order valence-corrected chi connectivity index (χ0v) is 8.39. The van der Waals surface area contributed by atoms with Crippen molar-refractivity contribution in [2.24, 2.45) is 0 Å². The molecule has 0 saturated carbocycles. The molecule has 1 atom stereocenters. The zero-order chi connectivity index (χ0) is 11.5. The molecule has 2 nitrogen and oxygen atoms in total. The molecule has 0 aromatic heterocycles. The SMILES string of the molecule is C=CC1CCCCN1C(=O)CC(F)(F)F. The van der Waals surface area contributed by atoms with Gasteiger partial charge in [-0.05, 0) is 19.3 Å². The molecule has 0 bridgehead atoms. The highest BCUT2D eigenvalue weighted by atomic mass is 19.4. The fourth-order valence-corrected chi connectivity index (χ4v) is 1.79. The molecule has 0 radical (unpaired) electrons. The van der Waals surface area contributed by atoms with E-state index in [4.69, 9.17) is 0 Å². The van der Waals surface area contributed by atoms with Crippen LogP contribution in [0.15, 0.2) is 12.7 Å². The molecule has 1 heterocycles. The van der Waals surface area contributed by atoms with E-state index in [1.807, 2.05) is 0 Å². The number of carbonyl (C=O) groups is 1. The Balaban J connectivity index is 2.60. The predicted molar refractivity (Wildman–Crippen MR) is 50.2 cm³/mol. The predicted octanol–water partition coefficient (Wildman–Crippen LogP) is 2.51. The molecule has 1 rings (SSSR count). The van der Waals surface area contributed by atoms with Crippen LogP contribution in [0.5, 0.6) is 0 Å². The first-order valence-electron chi connectivity index (χ1n) is 4.93. The van der Waals surface area contributed by atoms with Crippen molar-refractivity contribution in [1.82, 2.24) is 4.90 Å². The van der Waals surface area contributed by atoms with Crippen molar-refractivity contribution >= 4 is 5.91 Å². The summed E-state index contributed by atoms with van der Waals surface area (Å²) >= 11 is 0. The van der Waals surface area contributed by atoms with Crippen LogP contribution in [-0.2, 0) is 4.79 Å². The Morgan fingerprint density at radius 3 is 2.67 bits per heavy atom. The monoisotopic (exact) mass is 221 g/mol. The first kappa shape index (κ1) is 12.1. The maximum absolute atomic E-state index is 12.0. The van der Waals surface area contributed by atoms with Gasteiger partial charge >= 0.3 is 6.18 Å². The van der Waals surface area contributed by atoms with Crippen LogP contribution >= 0.6 is 0 Å². The Labute approximate surface area is 86.7 Å². The van der Waals surface area contributed by atoms with Gasteiger partial charge < -0.3 is 4.90 Å². The van der Waals surface area contributed by atoms with Crippen molar-refractivity contribution in [2.75, 3.05) is 6.54 Å². The third-order valence-electron chi connectivity index (χ3n) is 2.49. The summed E-state index contributed by atoms with van der Waals surface area (Å²) in [5, 5.41) is 0. The van der Waals surface area contributed by atoms with Crippen molar-refractivity contribution < 1.29 is 18.0 Å². The number of likely N-dealkylation sites (tertiary alicyclic amines) is 1. The van der Waals surface area contributed by atoms with Gasteiger partial charge in [-0.2, -0.15) is 13.2 Å². The topological polar surface area (TPSA) is 20.3 Å². The summed E-state index contributed by atoms with van der Waals surface area (Å²) in [6.45, 7) is 3.95. The lowest BCUT2D eigenvalue weighted by Gasteiger charge is -2.34. The number of nitrogens with zero attached hydrogens (tertiary/aromatic N) is 1. The van der Waals surface area contributed by atoms with Gasteiger partial charge in [-0.1, -0.05) is 6.08 Å². The van der Waals surface area contributed by atoms with Crippen LogP contribution in [0.3, 0.4) is 0 Å². The van der Waals surface area contributed by atoms with Crippen LogP contribution in [0.2, 0.25) is 0 Å². The Morgan fingerprint density at radius 1 is 1.47 bits per heavy atom. The average Bonchev–Trinajstić information content (AvgIpc) is 2.15. The molecule has 5 heteroatoms. The number of hydrogen-bond acceptors (Lipinski definition) is 1. The second kappa shape index (κ2) is 4.68. The lowest BCUT2D eigenvalue weighted by Crippen LogP contribution is -2.44. The summed E-state index contributed by atoms with van der Waals surface area (Å²) in [7, 11) is 0. The standard InChI is InChI=1S/C10H14F3NO/c1-2-8-5-3-4-6-14(8)9(15)7-10(11,12)13/h2,8H,1,3-7H2. The van der Waals surface area contributed by atoms with E-state index >= 15 is 0 Å². The number of hydrogen-bond donors (Lipinski definition) is 0. The largest absolute Gasteiger partial charge is 0.397 e. The minimum Gasteiger partial charge on any atom is -0.336 e. The number of halogens is 3. The molecule has 1 unspecified atom stereocenters. The maximum Gasteiger partial charge on any atom is 0.397 e. The molecule has 1 aliphatic heterocycles. The van der Waals surface area contributed by atoms with Crippen LogP contribution in [0.4, 0.5) is 13.2 Å². The van der Waals surface area contributed by atoms with Gasteiger partial charge in [-0.25, -0.2) is 0 Å². The van der Waals surface area contributed by atoms with Gasteiger partial charge in [0.2, 0.25) is 5.91 Å². The summed E-state index contributed by atoms with van der Waals surface area (Å²) in [5.74, 6) is -0.841. The van der Waals surface area contributed by atoms with E-state index in [0.29, 0.717) is 13.0 Å². The highest BCUT2D eigenvalue weighted by Gasteiger charge is 2.35. The first-order valence-corrected chi connectivity index (χ1v) is 4.93. The number of carbonyl (C=O) groups excluding carboxylic acids is 1. The van der Waals surface area contributed by atoms with Gasteiger partial charge in [-0.15, -0.1) is 6.58 Å². The van der Waals surface area contributed by atoms with Crippen molar-refractivity contribution in [3.05, 3.63) is 12.7 Å². The van der Waals surface area contributed by atoms with E-state index in [0.717, 1.165) is 12.8 Å². The molecule has 1 aliphatic rings. The molecule has 1 fully saturated rings. The third-order valence-corrected chi connectivity index (χ3v) is 2.49. The third kappa shape index (κ3) is 3.57. The number of amides is 1. The van der Waals surface area contributed by atoms with E-state index in [9.17, 15) is 18.0 Å². The molecule has 0 spiro atoms. The summed E-state index contributed by atoms with van der Waals surface area (Å²) in [6, 6.07) is -0.228. The maximum atomic E-state index is 12.0. The van der Waals surface area contributed by atoms with Crippen LogP contribution in [0.1, 0.15) is 25.7 Å². The van der Waals surface area contributed by atoms with E-state index in [1.165, 1.54) is 4.90 Å². The number of rotatable bonds is 2. The van der Waals surface area contributed by atoms with Crippen molar-refractivity contribution in [3.63, 3.8) is 0 Å². The number of piperidine rings is 1. The van der Waals surface area contributed by atoms with Crippen LogP contribution in [0, 0.1) is 0 Å². The van der Waals surface area contributed by atoms with Crippen molar-refractivity contribution in [2.45, 2.75) is 37.9 Å². The molecule has 0 aromatic rings. The summed E-state index contributed by atoms with van der Waals surface area (Å²) < 4.78 is 36.1. The van der Waals surface area contributed by atoms with Gasteiger partial charge in [0, 0.05) is 12.6 Å². The lowest BCUT2D eigenvalue weighted by molar-refractivity contribution is -0.163. The van der Waals surface area contributed by atoms with Crippen LogP contribution < -0.4 is 0 Å². The van der Waals surface area contributed by atoms with Crippen LogP contribution in [-0.4, -0.2) is 29.6 Å². The molecule has 1 saturated heterocycles. The fourth-order valence-electron chi connectivity index (χ4n) is 1.79. The van der Waals surface area contributed by atoms with Gasteiger partial charge in [0.15, 0.2) is 0 Å². The normalized spacial score (nSPS) is 22.6. The smallest absolute Gasteiger partial charge is 0.336 e. The lowest BCUT2D eigenvalue weighted by atomic mass is 10.0. The quantitative estimate of drug-likeness (QED) is 0.656. The summed E-state index contributed by atoms with van der Waals surface area (Å²) in [4.78, 5) is 12.6. The summed E-state index contributed by atoms with van der Waals surface area (Å²) in [6.07, 6.45) is -1.81. The fraction of sp³-hybridized carbons (Fsp3) is 0.700. The van der Waals surface area contributed by atoms with E-state index < -0.39 is 18.5 Å². The van der Waals surface area contributed by atoms with E-state index in [-0.39, 0.29) is 6.04 Å². The molecule has 1 amide bonds. The Bertz CT molecular complexity index is 250. The van der Waals surface area contributed by atoms with Crippen molar-refractivity contribution in [3.8, 4) is 0 Å². The highest BCUT2D eigenvalue weighted by Crippen LogP contribution is 2.24. The molecule has 0 aliphatic carbocycles. The van der Waals surface area contributed by atoms with Gasteiger partial charge in [0.25, 0.3) is 0 Å². The average molecular weight is 221 g/mol. The van der Waals surface area contributed by atoms with Gasteiger partial charge in [0.05, 0.1) is 0 Å². The Kier molecular flexibility index (Phi) is 3.77. The van der Waals surface area contributed by atoms with Gasteiger partial charge in [0.1, 0.15) is 6.42 Å². The van der Waals surface area contributed by atoms with Crippen molar-refractivity contribution in [1.29, 1.82) is 0 Å². The van der Waals surface area contributed by atoms with Crippen LogP contribution in [0.25, 0.3) is 0 Å². The number of alkyl halides is 3. The Morgan fingerprint density at radius 2 is 2.13 bits per heavy atom. The molecule has 0 aromatic carbocycles. The molecular formula is C10H14F3NO. The van der Waals surface area contributed by atoms with E-state index in [1.54, 1.807) is 6.08 Å². The molecule has 15 heavy (non-hydrogen) atoms. The summed E-state index contributed by atoms with van der Waals surface area (Å²) in [5.41, 5.74) is 0. The zero-order valence-electron chi connectivity index (χ0n) is 8.39. The molecular weight excluding hydrogens is 207 g/mol. The van der Waals surface area contributed by atoms with Gasteiger partial charge in [-0.3, -0.25) is 4.79 Å². The minimum atomic E-state index is -4.42. The molecule has 0 N–H and O–H groups in total.